The maximum absolute atomic E-state index is 13.7. The second-order valence-electron chi connectivity index (χ2n) is 14.7. The highest BCUT2D eigenvalue weighted by Crippen LogP contribution is 2.47. The molecule has 1 spiro atoms. The van der Waals surface area contributed by atoms with Crippen molar-refractivity contribution in [3.8, 4) is 5.75 Å². The molecule has 0 unspecified atom stereocenters. The summed E-state index contributed by atoms with van der Waals surface area (Å²) in [5.74, 6) is 0.180. The van der Waals surface area contributed by atoms with Crippen molar-refractivity contribution in [1.29, 1.82) is 0 Å². The number of sulfonamides is 1. The summed E-state index contributed by atoms with van der Waals surface area (Å²) in [5.41, 5.74) is 1.59. The third kappa shape index (κ3) is 6.78. The van der Waals surface area contributed by atoms with E-state index < -0.39 is 33.7 Å². The van der Waals surface area contributed by atoms with E-state index in [-0.39, 0.29) is 28.2 Å². The van der Waals surface area contributed by atoms with Gasteiger partial charge in [0.05, 0.1) is 22.7 Å². The molecule has 2 aromatic rings. The van der Waals surface area contributed by atoms with Crippen molar-refractivity contribution in [3.63, 3.8) is 0 Å². The zero-order valence-corrected chi connectivity index (χ0v) is 30.0. The minimum absolute atomic E-state index is 0.00264. The number of fused-ring (bicyclic) bond motifs is 4. The Balaban J connectivity index is 1.44. The van der Waals surface area contributed by atoms with Crippen LogP contribution in [0.15, 0.2) is 53.4 Å². The van der Waals surface area contributed by atoms with Crippen molar-refractivity contribution >= 4 is 39.3 Å². The number of ether oxygens (including phenoxy) is 2. The zero-order chi connectivity index (χ0) is 34.4. The Hall–Kier alpha value is -3.28. The van der Waals surface area contributed by atoms with Gasteiger partial charge in [-0.25, -0.2) is 17.9 Å². The van der Waals surface area contributed by atoms with E-state index in [1.54, 1.807) is 37.9 Å². The molecule has 260 valence electrons. The van der Waals surface area contributed by atoms with Crippen LogP contribution in [0.1, 0.15) is 64.5 Å². The topological polar surface area (TPSA) is 117 Å². The van der Waals surface area contributed by atoms with Crippen LogP contribution in [-0.4, -0.2) is 76.3 Å². The minimum Gasteiger partial charge on any atom is -0.490 e. The van der Waals surface area contributed by atoms with Gasteiger partial charge in [-0.05, 0) is 120 Å². The van der Waals surface area contributed by atoms with Crippen molar-refractivity contribution in [2.45, 2.75) is 87.8 Å². The molecule has 0 saturated heterocycles. The van der Waals surface area contributed by atoms with Gasteiger partial charge >= 0.3 is 6.09 Å². The first-order chi connectivity index (χ1) is 22.7. The van der Waals surface area contributed by atoms with E-state index in [1.165, 1.54) is 17.2 Å². The van der Waals surface area contributed by atoms with Crippen LogP contribution in [-0.2, 0) is 31.4 Å². The lowest BCUT2D eigenvalue weighted by Gasteiger charge is -2.46. The molecule has 2 aromatic carbocycles. The molecular weight excluding hydrogens is 652 g/mol. The number of halogens is 1. The third-order valence-electron chi connectivity index (χ3n) is 10.8. The van der Waals surface area contributed by atoms with Gasteiger partial charge in [0.1, 0.15) is 11.9 Å². The second-order valence-corrected chi connectivity index (χ2v) is 16.8. The van der Waals surface area contributed by atoms with Crippen LogP contribution in [0.25, 0.3) is 0 Å². The number of likely N-dealkylation sites (N-methyl/N-ethyl adjacent to an activating group) is 1. The number of rotatable bonds is 2. The Labute approximate surface area is 289 Å². The van der Waals surface area contributed by atoms with Gasteiger partial charge in [0.25, 0.3) is 15.9 Å². The highest BCUT2D eigenvalue weighted by Gasteiger charge is 2.45. The van der Waals surface area contributed by atoms with E-state index in [9.17, 15) is 18.0 Å². The molecule has 4 atom stereocenters. The molecule has 6 rings (SSSR count). The summed E-state index contributed by atoms with van der Waals surface area (Å²) in [6, 6.07) is 10.9. The standard InChI is InChI=1S/C36H47ClN4O6S/c1-23(2)38-34(43)47-31-9-7-17-40(5)35(3,4)33(42)39-48(44,45)27-12-15-32-30(19-27)41(20-25-10-13-28(25)31)21-36(22-46-32)16-6-8-24-18-26(37)11-14-29(24)36/h7,9,11-12,14-15,18-19,23,25,28,31H,6,8,10,13,16-17,20-22H2,1-5H3,(H,38,43)(H,39,42)/b9-7+/t25-,28+,31-,36-/m0/s1. The van der Waals surface area contributed by atoms with Crippen LogP contribution in [0, 0.1) is 11.8 Å². The molecule has 10 nitrogen and oxygen atoms in total. The van der Waals surface area contributed by atoms with Gasteiger partial charge in [-0.2, -0.15) is 0 Å². The Morgan fingerprint density at radius 2 is 1.96 bits per heavy atom. The fourth-order valence-electron chi connectivity index (χ4n) is 7.52. The summed E-state index contributed by atoms with van der Waals surface area (Å²) in [4.78, 5) is 30.4. The Kier molecular flexibility index (Phi) is 9.52. The quantitative estimate of drug-likeness (QED) is 0.399. The van der Waals surface area contributed by atoms with E-state index in [1.807, 2.05) is 32.1 Å². The van der Waals surface area contributed by atoms with E-state index in [2.05, 4.69) is 27.1 Å². The zero-order valence-electron chi connectivity index (χ0n) is 28.4. The van der Waals surface area contributed by atoms with Gasteiger partial charge in [-0.15, -0.1) is 0 Å². The van der Waals surface area contributed by atoms with Gasteiger partial charge in [-0.3, -0.25) is 9.69 Å². The van der Waals surface area contributed by atoms with Crippen LogP contribution in [0.3, 0.4) is 0 Å². The van der Waals surface area contributed by atoms with Gasteiger partial charge in [0.15, 0.2) is 0 Å². The molecule has 2 N–H and O–H groups in total. The Morgan fingerprint density at radius 3 is 2.69 bits per heavy atom. The third-order valence-corrected chi connectivity index (χ3v) is 12.3. The van der Waals surface area contributed by atoms with E-state index in [4.69, 9.17) is 21.1 Å². The summed E-state index contributed by atoms with van der Waals surface area (Å²) in [6.07, 6.45) is 7.54. The van der Waals surface area contributed by atoms with Gasteiger partial charge in [0, 0.05) is 42.0 Å². The summed E-state index contributed by atoms with van der Waals surface area (Å²) in [6.45, 7) is 9.17. The normalized spacial score (nSPS) is 28.9. The highest BCUT2D eigenvalue weighted by molar-refractivity contribution is 7.90. The molecule has 0 radical (unpaired) electrons. The van der Waals surface area contributed by atoms with E-state index in [0.29, 0.717) is 42.7 Å². The second kappa shape index (κ2) is 13.2. The molecular formula is C36H47ClN4O6S. The van der Waals surface area contributed by atoms with Crippen molar-refractivity contribution in [1.82, 2.24) is 14.9 Å². The first-order valence-electron chi connectivity index (χ1n) is 16.9. The molecule has 48 heavy (non-hydrogen) atoms. The molecule has 4 aliphatic rings. The number of benzene rings is 2. The summed E-state index contributed by atoms with van der Waals surface area (Å²) in [5, 5.41) is 3.56. The number of carbonyl (C=O) groups excluding carboxylic acids is 2. The van der Waals surface area contributed by atoms with E-state index in [0.717, 1.165) is 32.1 Å². The maximum Gasteiger partial charge on any atom is 0.407 e. The SMILES string of the molecule is CC(C)NC(=O)O[C@H]1/C=C/CN(C)C(C)(C)C(=O)NS(=O)(=O)c2ccc3c(c2)N(C[C@@H]2CC[C@H]21)C[C@@]1(CCCc2cc(Cl)ccc21)CO3. The van der Waals surface area contributed by atoms with Crippen LogP contribution < -0.4 is 19.7 Å². The monoisotopic (exact) mass is 698 g/mol. The van der Waals surface area contributed by atoms with E-state index >= 15 is 0 Å². The van der Waals surface area contributed by atoms with Crippen LogP contribution in [0.5, 0.6) is 5.75 Å². The summed E-state index contributed by atoms with van der Waals surface area (Å²) >= 11 is 6.43. The lowest BCUT2D eigenvalue weighted by molar-refractivity contribution is -0.128. The number of nitrogens with one attached hydrogen (secondary N) is 2. The molecule has 2 amide bonds. The summed E-state index contributed by atoms with van der Waals surface area (Å²) in [7, 11) is -2.44. The molecule has 0 aromatic heterocycles. The average Bonchev–Trinajstić information content (AvgIpc) is 3.14. The number of amides is 2. The van der Waals surface area contributed by atoms with Crippen LogP contribution >= 0.6 is 11.6 Å². The number of hydrogen-bond acceptors (Lipinski definition) is 8. The molecule has 2 aliphatic heterocycles. The van der Waals surface area contributed by atoms with Crippen LogP contribution in [0.2, 0.25) is 5.02 Å². The number of alkyl carbamates (subject to hydrolysis) is 1. The maximum atomic E-state index is 13.7. The lowest BCUT2D eigenvalue weighted by Crippen LogP contribution is -2.54. The summed E-state index contributed by atoms with van der Waals surface area (Å²) < 4.78 is 42.4. The number of carbonyl (C=O) groups is 2. The van der Waals surface area contributed by atoms with Crippen molar-refractivity contribution in [3.05, 3.63) is 64.7 Å². The predicted molar refractivity (Wildman–Crippen MR) is 186 cm³/mol. The molecule has 2 aliphatic carbocycles. The Bertz CT molecular complexity index is 1710. The van der Waals surface area contributed by atoms with Gasteiger partial charge < -0.3 is 19.7 Å². The van der Waals surface area contributed by atoms with Gasteiger partial charge in [0.2, 0.25) is 0 Å². The fraction of sp³-hybridized carbons (Fsp3) is 0.556. The molecule has 2 heterocycles. The fourth-order valence-corrected chi connectivity index (χ4v) is 8.84. The van der Waals surface area contributed by atoms with Crippen molar-refractivity contribution in [2.24, 2.45) is 11.8 Å². The molecule has 12 heteroatoms. The van der Waals surface area contributed by atoms with Crippen LogP contribution in [0.4, 0.5) is 10.5 Å². The predicted octanol–water partition coefficient (Wildman–Crippen LogP) is 5.43. The first-order valence-corrected chi connectivity index (χ1v) is 18.8. The number of aryl methyl sites for hydroxylation is 1. The smallest absolute Gasteiger partial charge is 0.407 e. The van der Waals surface area contributed by atoms with Gasteiger partial charge in [-0.1, -0.05) is 23.7 Å². The van der Waals surface area contributed by atoms with Crippen molar-refractivity contribution in [2.75, 3.05) is 38.2 Å². The molecule has 2 bridgehead atoms. The minimum atomic E-state index is -4.20. The lowest BCUT2D eigenvalue weighted by atomic mass is 9.68. The first kappa shape index (κ1) is 34.6. The number of hydrogen-bond donors (Lipinski definition) is 2. The number of anilines is 1. The Morgan fingerprint density at radius 1 is 1.17 bits per heavy atom. The molecule has 1 fully saturated rings. The molecule has 1 saturated carbocycles. The average molecular weight is 699 g/mol. The van der Waals surface area contributed by atoms with Crippen molar-refractivity contribution < 1.29 is 27.5 Å². The highest BCUT2D eigenvalue weighted by atomic mass is 35.5. The largest absolute Gasteiger partial charge is 0.490 e. The number of nitrogens with zero attached hydrogens (tertiary/aromatic N) is 2.